The molecule has 0 aromatic heterocycles. The molecule has 1 aromatic carbocycles. The molecular formula is C15H24N2OS. The number of thioether (sulfide) groups is 1. The van der Waals surface area contributed by atoms with Gasteiger partial charge in [0.2, 0.25) is 5.12 Å². The highest BCUT2D eigenvalue weighted by atomic mass is 32.2. The topological polar surface area (TPSA) is 46.3 Å². The van der Waals surface area contributed by atoms with E-state index in [2.05, 4.69) is 18.7 Å². The molecule has 0 amide bonds. The van der Waals surface area contributed by atoms with Gasteiger partial charge in [-0.1, -0.05) is 25.6 Å². The molecule has 1 aromatic rings. The number of benzene rings is 1. The summed E-state index contributed by atoms with van der Waals surface area (Å²) >= 11 is 1.40. The molecule has 4 heteroatoms. The Kier molecular flexibility index (Phi) is 7.60. The van der Waals surface area contributed by atoms with E-state index < -0.39 is 0 Å². The molecule has 0 aliphatic carbocycles. The van der Waals surface area contributed by atoms with Crippen molar-refractivity contribution >= 4 is 22.6 Å². The second-order valence-corrected chi connectivity index (χ2v) is 5.56. The molecule has 19 heavy (non-hydrogen) atoms. The summed E-state index contributed by atoms with van der Waals surface area (Å²) in [5.41, 5.74) is 7.03. The maximum Gasteiger partial charge on any atom is 0.219 e. The molecule has 0 atom stereocenters. The van der Waals surface area contributed by atoms with Crippen LogP contribution in [0.15, 0.2) is 24.3 Å². The van der Waals surface area contributed by atoms with Gasteiger partial charge < -0.3 is 10.6 Å². The molecule has 0 aliphatic heterocycles. The molecule has 0 unspecified atom stereocenters. The number of nitrogens with two attached hydrogens (primary N) is 1. The van der Waals surface area contributed by atoms with Gasteiger partial charge in [-0.3, -0.25) is 4.79 Å². The Morgan fingerprint density at radius 3 is 2.37 bits per heavy atom. The number of unbranched alkanes of at least 4 members (excludes halogenated alkanes) is 1. The molecule has 0 heterocycles. The zero-order chi connectivity index (χ0) is 14.1. The second-order valence-electron chi connectivity index (χ2n) is 4.49. The first-order chi connectivity index (χ1) is 9.17. The first kappa shape index (κ1) is 16.1. The van der Waals surface area contributed by atoms with Crippen molar-refractivity contribution in [2.75, 3.05) is 31.1 Å². The quantitative estimate of drug-likeness (QED) is 0.586. The summed E-state index contributed by atoms with van der Waals surface area (Å²) in [5.74, 6) is 0.893. The smallest absolute Gasteiger partial charge is 0.219 e. The summed E-state index contributed by atoms with van der Waals surface area (Å²) in [4.78, 5) is 14.3. The summed E-state index contributed by atoms with van der Waals surface area (Å²) < 4.78 is 0. The number of carbonyl (C=O) groups is 1. The van der Waals surface area contributed by atoms with Crippen LogP contribution in [0.4, 0.5) is 5.69 Å². The molecule has 0 aliphatic rings. The number of nitrogen functional groups attached to an aromatic ring is 1. The maximum absolute atomic E-state index is 11.9. The molecule has 0 radical (unpaired) electrons. The molecule has 0 fully saturated rings. The van der Waals surface area contributed by atoms with Crippen molar-refractivity contribution in [2.45, 2.75) is 26.7 Å². The first-order valence-electron chi connectivity index (χ1n) is 6.92. The van der Waals surface area contributed by atoms with E-state index in [1.54, 1.807) is 24.3 Å². The van der Waals surface area contributed by atoms with Crippen LogP contribution in [0.3, 0.4) is 0 Å². The summed E-state index contributed by atoms with van der Waals surface area (Å²) in [6.45, 7) is 7.71. The van der Waals surface area contributed by atoms with Crippen LogP contribution in [-0.4, -0.2) is 35.4 Å². The van der Waals surface area contributed by atoms with Crippen LogP contribution in [0.5, 0.6) is 0 Å². The molecular weight excluding hydrogens is 256 g/mol. The van der Waals surface area contributed by atoms with Crippen LogP contribution in [0.1, 0.15) is 37.0 Å². The minimum absolute atomic E-state index is 0.142. The van der Waals surface area contributed by atoms with E-state index in [0.717, 1.165) is 43.8 Å². The van der Waals surface area contributed by atoms with Gasteiger partial charge in [0.1, 0.15) is 0 Å². The van der Waals surface area contributed by atoms with Gasteiger partial charge in [0.15, 0.2) is 0 Å². The average molecular weight is 280 g/mol. The third-order valence-electron chi connectivity index (χ3n) is 3.14. The van der Waals surface area contributed by atoms with Gasteiger partial charge in [0, 0.05) is 17.0 Å². The fourth-order valence-electron chi connectivity index (χ4n) is 1.84. The van der Waals surface area contributed by atoms with Crippen molar-refractivity contribution in [2.24, 2.45) is 0 Å². The summed E-state index contributed by atoms with van der Waals surface area (Å²) in [6, 6.07) is 7.13. The van der Waals surface area contributed by atoms with Gasteiger partial charge in [-0.25, -0.2) is 0 Å². The van der Waals surface area contributed by atoms with Gasteiger partial charge in [0.25, 0.3) is 0 Å². The molecule has 0 saturated heterocycles. The zero-order valence-electron chi connectivity index (χ0n) is 11.9. The SMILES string of the molecule is CCN(CC)CCCCSC(=O)c1ccc(N)cc1. The number of hydrogen-bond acceptors (Lipinski definition) is 4. The Morgan fingerprint density at radius 1 is 1.16 bits per heavy atom. The lowest BCUT2D eigenvalue weighted by Crippen LogP contribution is -2.23. The Hall–Kier alpha value is -1.00. The standard InChI is InChI=1S/C15H24N2OS/c1-3-17(4-2)11-5-6-12-19-15(18)13-7-9-14(16)10-8-13/h7-10H,3-6,11-12,16H2,1-2H3. The van der Waals surface area contributed by atoms with Crippen molar-refractivity contribution in [3.8, 4) is 0 Å². The Balaban J connectivity index is 2.19. The van der Waals surface area contributed by atoms with Crippen molar-refractivity contribution in [1.82, 2.24) is 4.90 Å². The number of anilines is 1. The summed E-state index contributed by atoms with van der Waals surface area (Å²) in [5, 5.41) is 0.142. The predicted molar refractivity (Wildman–Crippen MR) is 84.7 cm³/mol. The lowest BCUT2D eigenvalue weighted by atomic mass is 10.2. The predicted octanol–water partition coefficient (Wildman–Crippen LogP) is 3.26. The van der Waals surface area contributed by atoms with Crippen molar-refractivity contribution in [3.63, 3.8) is 0 Å². The molecule has 1 rings (SSSR count). The van der Waals surface area contributed by atoms with Crippen LogP contribution >= 0.6 is 11.8 Å². The molecule has 106 valence electrons. The number of rotatable bonds is 8. The van der Waals surface area contributed by atoms with E-state index in [-0.39, 0.29) is 5.12 Å². The lowest BCUT2D eigenvalue weighted by Gasteiger charge is -2.17. The van der Waals surface area contributed by atoms with Gasteiger partial charge in [-0.15, -0.1) is 0 Å². The molecule has 0 spiro atoms. The van der Waals surface area contributed by atoms with Crippen LogP contribution in [-0.2, 0) is 0 Å². The largest absolute Gasteiger partial charge is 0.399 e. The Morgan fingerprint density at radius 2 is 1.79 bits per heavy atom. The minimum atomic E-state index is 0.142. The summed E-state index contributed by atoms with van der Waals surface area (Å²) in [6.07, 6.45) is 2.24. The zero-order valence-corrected chi connectivity index (χ0v) is 12.7. The van der Waals surface area contributed by atoms with Gasteiger partial charge in [-0.05, 0) is 56.7 Å². The number of carbonyl (C=O) groups excluding carboxylic acids is 1. The Labute approximate surface area is 120 Å². The third-order valence-corrected chi connectivity index (χ3v) is 4.13. The van der Waals surface area contributed by atoms with Gasteiger partial charge in [-0.2, -0.15) is 0 Å². The normalized spacial score (nSPS) is 10.9. The molecule has 0 saturated carbocycles. The van der Waals surface area contributed by atoms with Crippen LogP contribution in [0.25, 0.3) is 0 Å². The Bertz CT molecular complexity index is 374. The number of hydrogen-bond donors (Lipinski definition) is 1. The fraction of sp³-hybridized carbons (Fsp3) is 0.533. The molecule has 3 nitrogen and oxygen atoms in total. The highest BCUT2D eigenvalue weighted by Gasteiger charge is 2.06. The summed E-state index contributed by atoms with van der Waals surface area (Å²) in [7, 11) is 0. The lowest BCUT2D eigenvalue weighted by molar-refractivity contribution is 0.108. The van der Waals surface area contributed by atoms with Gasteiger partial charge in [0.05, 0.1) is 0 Å². The average Bonchev–Trinajstić information content (AvgIpc) is 2.43. The van der Waals surface area contributed by atoms with E-state index in [4.69, 9.17) is 5.73 Å². The maximum atomic E-state index is 11.9. The molecule has 2 N–H and O–H groups in total. The first-order valence-corrected chi connectivity index (χ1v) is 7.91. The molecule has 0 bridgehead atoms. The van der Waals surface area contributed by atoms with E-state index in [1.165, 1.54) is 11.8 Å². The van der Waals surface area contributed by atoms with E-state index in [9.17, 15) is 4.79 Å². The van der Waals surface area contributed by atoms with Crippen molar-refractivity contribution in [3.05, 3.63) is 29.8 Å². The van der Waals surface area contributed by atoms with Crippen molar-refractivity contribution in [1.29, 1.82) is 0 Å². The third kappa shape index (κ3) is 6.12. The second kappa shape index (κ2) is 8.99. The van der Waals surface area contributed by atoms with E-state index in [0.29, 0.717) is 5.69 Å². The highest BCUT2D eigenvalue weighted by Crippen LogP contribution is 2.15. The number of nitrogens with zero attached hydrogens (tertiary/aromatic N) is 1. The van der Waals surface area contributed by atoms with Crippen molar-refractivity contribution < 1.29 is 4.79 Å². The van der Waals surface area contributed by atoms with Gasteiger partial charge >= 0.3 is 0 Å². The van der Waals surface area contributed by atoms with Crippen LogP contribution in [0.2, 0.25) is 0 Å². The minimum Gasteiger partial charge on any atom is -0.399 e. The van der Waals surface area contributed by atoms with E-state index >= 15 is 0 Å². The fourth-order valence-corrected chi connectivity index (χ4v) is 2.68. The van der Waals surface area contributed by atoms with Crippen LogP contribution < -0.4 is 5.73 Å². The monoisotopic (exact) mass is 280 g/mol. The highest BCUT2D eigenvalue weighted by molar-refractivity contribution is 8.14. The van der Waals surface area contributed by atoms with E-state index in [1.807, 2.05) is 0 Å². The van der Waals surface area contributed by atoms with Crippen LogP contribution in [0, 0.1) is 0 Å².